The van der Waals surface area contributed by atoms with E-state index in [9.17, 15) is 0 Å². The van der Waals surface area contributed by atoms with E-state index in [0.717, 1.165) is 35.3 Å². The lowest BCUT2D eigenvalue weighted by Gasteiger charge is -2.31. The van der Waals surface area contributed by atoms with Gasteiger partial charge in [0, 0.05) is 18.5 Å². The highest BCUT2D eigenvalue weighted by molar-refractivity contribution is 9.10. The van der Waals surface area contributed by atoms with Gasteiger partial charge in [-0.1, -0.05) is 0 Å². The highest BCUT2D eigenvalue weighted by Crippen LogP contribution is 2.28. The third kappa shape index (κ3) is 2.92. The monoisotopic (exact) mass is 289 g/mol. The van der Waals surface area contributed by atoms with Crippen LogP contribution in [0.4, 0.5) is 5.13 Å². The number of nitrogens with two attached hydrogens (primary N) is 1. The number of nitrogens with zero attached hydrogens (tertiary/aromatic N) is 2. The lowest BCUT2D eigenvalue weighted by molar-refractivity contribution is 0.386. The summed E-state index contributed by atoms with van der Waals surface area (Å²) in [7, 11) is 0. The topological polar surface area (TPSA) is 42.1 Å². The summed E-state index contributed by atoms with van der Waals surface area (Å²) < 4.78 is 0.951. The molecule has 0 amide bonds. The van der Waals surface area contributed by atoms with Crippen LogP contribution in [0.25, 0.3) is 0 Å². The number of anilines is 1. The van der Waals surface area contributed by atoms with Gasteiger partial charge in [-0.2, -0.15) is 0 Å². The molecule has 1 aliphatic rings. The first kappa shape index (κ1) is 11.4. The van der Waals surface area contributed by atoms with Gasteiger partial charge in [-0.25, -0.2) is 4.98 Å². The van der Waals surface area contributed by atoms with Gasteiger partial charge in [0.25, 0.3) is 0 Å². The van der Waals surface area contributed by atoms with Crippen LogP contribution in [0.15, 0.2) is 9.98 Å². The summed E-state index contributed by atoms with van der Waals surface area (Å²) in [5.41, 5.74) is 5.58. The van der Waals surface area contributed by atoms with Crippen LogP contribution in [-0.2, 0) is 0 Å². The summed E-state index contributed by atoms with van der Waals surface area (Å²) in [5, 5.41) is 3.19. The third-order valence-corrected chi connectivity index (χ3v) is 4.53. The Morgan fingerprint density at radius 1 is 1.53 bits per heavy atom. The Hall–Kier alpha value is -0.130. The molecule has 0 aromatic carbocycles. The van der Waals surface area contributed by atoms with Crippen LogP contribution >= 0.6 is 27.3 Å². The highest BCUT2D eigenvalue weighted by Gasteiger charge is 2.20. The summed E-state index contributed by atoms with van der Waals surface area (Å²) in [5.74, 6) is 0.828. The van der Waals surface area contributed by atoms with Gasteiger partial charge in [0.1, 0.15) is 4.60 Å². The molecule has 0 unspecified atom stereocenters. The van der Waals surface area contributed by atoms with Gasteiger partial charge >= 0.3 is 0 Å². The van der Waals surface area contributed by atoms with E-state index in [1.54, 1.807) is 11.3 Å². The van der Waals surface area contributed by atoms with Crippen molar-refractivity contribution < 1.29 is 0 Å². The average Bonchev–Trinajstić information content (AvgIpc) is 2.67. The Balaban J connectivity index is 1.88. The molecular weight excluding hydrogens is 274 g/mol. The van der Waals surface area contributed by atoms with Crippen molar-refractivity contribution >= 4 is 32.4 Å². The second kappa shape index (κ2) is 5.27. The van der Waals surface area contributed by atoms with Gasteiger partial charge < -0.3 is 10.6 Å². The van der Waals surface area contributed by atoms with E-state index >= 15 is 0 Å². The van der Waals surface area contributed by atoms with Gasteiger partial charge in [-0.3, -0.25) is 0 Å². The van der Waals surface area contributed by atoms with Crippen molar-refractivity contribution in [3.8, 4) is 0 Å². The van der Waals surface area contributed by atoms with E-state index in [-0.39, 0.29) is 0 Å². The summed E-state index contributed by atoms with van der Waals surface area (Å²) in [6.07, 6.45) is 3.69. The normalized spacial score (nSPS) is 18.4. The Kier molecular flexibility index (Phi) is 3.99. The molecule has 2 heterocycles. The Morgan fingerprint density at radius 2 is 2.27 bits per heavy atom. The van der Waals surface area contributed by atoms with Crippen LogP contribution in [0.2, 0.25) is 0 Å². The number of aromatic nitrogens is 1. The molecular formula is C10H16BrN3S. The molecule has 84 valence electrons. The first-order valence-electron chi connectivity index (χ1n) is 5.35. The number of piperidine rings is 1. The molecule has 0 aliphatic carbocycles. The summed E-state index contributed by atoms with van der Waals surface area (Å²) >= 11 is 5.11. The quantitative estimate of drug-likeness (QED) is 0.930. The number of halogens is 1. The first-order chi connectivity index (χ1) is 7.29. The first-order valence-corrected chi connectivity index (χ1v) is 7.03. The zero-order valence-corrected chi connectivity index (χ0v) is 11.1. The summed E-state index contributed by atoms with van der Waals surface area (Å²) in [6, 6.07) is 0. The van der Waals surface area contributed by atoms with Crippen molar-refractivity contribution in [3.05, 3.63) is 9.98 Å². The molecule has 3 nitrogen and oxygen atoms in total. The maximum Gasteiger partial charge on any atom is 0.186 e. The standard InChI is InChI=1S/C10H16BrN3S/c11-9-7-15-10(13-9)14-5-2-8(1-4-12)3-6-14/h7-8H,1-6,12H2. The highest BCUT2D eigenvalue weighted by atomic mass is 79.9. The van der Waals surface area contributed by atoms with E-state index in [4.69, 9.17) is 5.73 Å². The SMILES string of the molecule is NCCC1CCN(c2nc(Br)cs2)CC1. The fourth-order valence-electron chi connectivity index (χ4n) is 2.04. The van der Waals surface area contributed by atoms with Gasteiger partial charge in [0.2, 0.25) is 0 Å². The number of rotatable bonds is 3. The van der Waals surface area contributed by atoms with Crippen molar-refractivity contribution in [2.75, 3.05) is 24.5 Å². The van der Waals surface area contributed by atoms with E-state index in [2.05, 4.69) is 25.8 Å². The van der Waals surface area contributed by atoms with E-state index < -0.39 is 0 Å². The zero-order valence-electron chi connectivity index (χ0n) is 8.66. The largest absolute Gasteiger partial charge is 0.348 e. The molecule has 0 spiro atoms. The maximum absolute atomic E-state index is 5.58. The number of hydrogen-bond acceptors (Lipinski definition) is 4. The molecule has 2 N–H and O–H groups in total. The average molecular weight is 290 g/mol. The van der Waals surface area contributed by atoms with Crippen LogP contribution in [-0.4, -0.2) is 24.6 Å². The molecule has 1 aromatic rings. The minimum Gasteiger partial charge on any atom is -0.348 e. The predicted octanol–water partition coefficient (Wildman–Crippen LogP) is 2.47. The second-order valence-corrected chi connectivity index (χ2v) is 5.61. The van der Waals surface area contributed by atoms with E-state index in [1.807, 2.05) is 5.38 Å². The lowest BCUT2D eigenvalue weighted by Crippen LogP contribution is -2.34. The molecule has 0 atom stereocenters. The fraction of sp³-hybridized carbons (Fsp3) is 0.700. The van der Waals surface area contributed by atoms with Crippen LogP contribution in [0, 0.1) is 5.92 Å². The Morgan fingerprint density at radius 3 is 2.80 bits per heavy atom. The zero-order chi connectivity index (χ0) is 10.7. The minimum atomic E-state index is 0.827. The van der Waals surface area contributed by atoms with Crippen molar-refractivity contribution in [1.29, 1.82) is 0 Å². The number of thiazole rings is 1. The summed E-state index contributed by atoms with van der Waals surface area (Å²) in [4.78, 5) is 6.82. The Bertz CT molecular complexity index is 307. The molecule has 1 fully saturated rings. The Labute approximate surface area is 103 Å². The molecule has 1 saturated heterocycles. The van der Waals surface area contributed by atoms with Crippen LogP contribution in [0.3, 0.4) is 0 Å². The van der Waals surface area contributed by atoms with Crippen LogP contribution in [0.1, 0.15) is 19.3 Å². The predicted molar refractivity (Wildman–Crippen MR) is 68.4 cm³/mol. The minimum absolute atomic E-state index is 0.827. The molecule has 0 radical (unpaired) electrons. The smallest absolute Gasteiger partial charge is 0.186 e. The van der Waals surface area contributed by atoms with Crippen molar-refractivity contribution in [2.24, 2.45) is 11.7 Å². The number of hydrogen-bond donors (Lipinski definition) is 1. The molecule has 1 aliphatic heterocycles. The molecule has 1 aromatic heterocycles. The van der Waals surface area contributed by atoms with Crippen molar-refractivity contribution in [1.82, 2.24) is 4.98 Å². The molecule has 5 heteroatoms. The van der Waals surface area contributed by atoms with E-state index in [1.165, 1.54) is 19.3 Å². The van der Waals surface area contributed by atoms with Gasteiger partial charge in [-0.15, -0.1) is 11.3 Å². The van der Waals surface area contributed by atoms with Gasteiger partial charge in [0.05, 0.1) is 0 Å². The summed E-state index contributed by atoms with van der Waals surface area (Å²) in [6.45, 7) is 3.09. The van der Waals surface area contributed by atoms with Gasteiger partial charge in [-0.05, 0) is 47.7 Å². The lowest BCUT2D eigenvalue weighted by atomic mass is 9.94. The van der Waals surface area contributed by atoms with E-state index in [0.29, 0.717) is 0 Å². The van der Waals surface area contributed by atoms with Gasteiger partial charge in [0.15, 0.2) is 5.13 Å². The fourth-order valence-corrected chi connectivity index (χ4v) is 3.34. The van der Waals surface area contributed by atoms with Crippen LogP contribution in [0.5, 0.6) is 0 Å². The molecule has 15 heavy (non-hydrogen) atoms. The maximum atomic E-state index is 5.58. The second-order valence-electron chi connectivity index (χ2n) is 3.96. The molecule has 0 bridgehead atoms. The van der Waals surface area contributed by atoms with Crippen molar-refractivity contribution in [2.45, 2.75) is 19.3 Å². The third-order valence-electron chi connectivity index (χ3n) is 2.92. The van der Waals surface area contributed by atoms with Crippen LogP contribution < -0.4 is 10.6 Å². The van der Waals surface area contributed by atoms with Crippen molar-refractivity contribution in [3.63, 3.8) is 0 Å². The molecule has 2 rings (SSSR count). The molecule has 0 saturated carbocycles.